The molecule has 5 nitrogen and oxygen atoms in total. The average molecular weight is 345 g/mol. The van der Waals surface area contributed by atoms with Gasteiger partial charge in [0.2, 0.25) is 5.91 Å². The van der Waals surface area contributed by atoms with Crippen LogP contribution in [0.2, 0.25) is 0 Å². The van der Waals surface area contributed by atoms with E-state index in [9.17, 15) is 4.79 Å². The molecule has 1 aliphatic heterocycles. The van der Waals surface area contributed by atoms with E-state index < -0.39 is 5.41 Å². The molecule has 1 saturated heterocycles. The van der Waals surface area contributed by atoms with Gasteiger partial charge >= 0.3 is 0 Å². The number of β-lactam (4-membered cyclic amide) rings is 1. The van der Waals surface area contributed by atoms with Gasteiger partial charge in [0.05, 0.1) is 24.8 Å². The number of aromatic nitrogens is 2. The quantitative estimate of drug-likeness (QED) is 0.679. The number of ether oxygens (including phenoxy) is 1. The second-order valence-corrected chi connectivity index (χ2v) is 6.52. The second kappa shape index (κ2) is 6.26. The van der Waals surface area contributed by atoms with Crippen molar-refractivity contribution >= 4 is 11.6 Å². The molecule has 0 N–H and O–H groups in total. The number of benzene rings is 2. The zero-order valence-corrected chi connectivity index (χ0v) is 14.7. The first kappa shape index (κ1) is 16.3. The van der Waals surface area contributed by atoms with Crippen LogP contribution in [-0.4, -0.2) is 23.2 Å². The summed E-state index contributed by atoms with van der Waals surface area (Å²) in [7, 11) is 1.63. The summed E-state index contributed by atoms with van der Waals surface area (Å²) >= 11 is 0. The molecule has 0 spiro atoms. The van der Waals surface area contributed by atoms with Crippen LogP contribution in [0.3, 0.4) is 0 Å². The van der Waals surface area contributed by atoms with Gasteiger partial charge in [0, 0.05) is 11.9 Å². The molecule has 130 valence electrons. The van der Waals surface area contributed by atoms with Crippen molar-refractivity contribution in [1.82, 2.24) is 10.2 Å². The fraction of sp³-hybridized carbons (Fsp3) is 0.190. The van der Waals surface area contributed by atoms with E-state index in [1.54, 1.807) is 19.5 Å². The number of hydrogen-bond donors (Lipinski definition) is 0. The maximum absolute atomic E-state index is 13.3. The zero-order chi connectivity index (χ0) is 18.1. The third-order valence-corrected chi connectivity index (χ3v) is 5.12. The van der Waals surface area contributed by atoms with Crippen molar-refractivity contribution in [3.8, 4) is 5.75 Å². The summed E-state index contributed by atoms with van der Waals surface area (Å²) < 4.78 is 5.23. The van der Waals surface area contributed by atoms with E-state index in [0.717, 1.165) is 22.6 Å². The molecule has 0 radical (unpaired) electrons. The van der Waals surface area contributed by atoms with E-state index in [2.05, 4.69) is 10.2 Å². The highest BCUT2D eigenvalue weighted by Crippen LogP contribution is 2.53. The van der Waals surface area contributed by atoms with Crippen molar-refractivity contribution in [2.45, 2.75) is 18.4 Å². The van der Waals surface area contributed by atoms with Crippen LogP contribution in [0.1, 0.15) is 24.1 Å². The Balaban J connectivity index is 1.81. The molecular weight excluding hydrogens is 326 g/mol. The minimum Gasteiger partial charge on any atom is -0.497 e. The molecule has 4 rings (SSSR count). The van der Waals surface area contributed by atoms with Gasteiger partial charge in [0.25, 0.3) is 0 Å². The largest absolute Gasteiger partial charge is 0.497 e. The second-order valence-electron chi connectivity index (χ2n) is 6.52. The lowest BCUT2D eigenvalue weighted by Gasteiger charge is -2.54. The monoisotopic (exact) mass is 345 g/mol. The molecular formula is C21H19N3O2. The first-order valence-electron chi connectivity index (χ1n) is 8.46. The summed E-state index contributed by atoms with van der Waals surface area (Å²) in [5, 5.41) is 7.90. The van der Waals surface area contributed by atoms with Crippen molar-refractivity contribution < 1.29 is 9.53 Å². The van der Waals surface area contributed by atoms with Crippen molar-refractivity contribution in [3.05, 3.63) is 84.2 Å². The number of carbonyl (C=O) groups excluding carboxylic acids is 1. The lowest BCUT2D eigenvalue weighted by atomic mass is 9.65. The molecule has 2 aromatic carbocycles. The Kier molecular flexibility index (Phi) is 3.92. The van der Waals surface area contributed by atoms with E-state index in [0.29, 0.717) is 0 Å². The van der Waals surface area contributed by atoms with E-state index in [1.165, 1.54) is 0 Å². The van der Waals surface area contributed by atoms with E-state index in [4.69, 9.17) is 4.74 Å². The fourth-order valence-corrected chi connectivity index (χ4v) is 3.70. The van der Waals surface area contributed by atoms with Crippen LogP contribution >= 0.6 is 0 Å². The molecule has 0 aliphatic carbocycles. The molecule has 1 amide bonds. The molecule has 0 saturated carbocycles. The van der Waals surface area contributed by atoms with Crippen molar-refractivity contribution in [1.29, 1.82) is 0 Å². The number of nitrogens with zero attached hydrogens (tertiary/aromatic N) is 3. The number of anilines is 1. The number of hydrogen-bond acceptors (Lipinski definition) is 4. The average Bonchev–Trinajstić information content (AvgIpc) is 2.72. The van der Waals surface area contributed by atoms with Crippen LogP contribution in [0.5, 0.6) is 5.75 Å². The molecule has 0 unspecified atom stereocenters. The predicted octanol–water partition coefficient (Wildman–Crippen LogP) is 3.53. The van der Waals surface area contributed by atoms with Crippen LogP contribution in [0, 0.1) is 0 Å². The molecule has 5 heteroatoms. The number of methoxy groups -OCH3 is 1. The van der Waals surface area contributed by atoms with E-state index >= 15 is 0 Å². The summed E-state index contributed by atoms with van der Waals surface area (Å²) in [6.07, 6.45) is 3.39. The highest BCUT2D eigenvalue weighted by atomic mass is 16.5. The Morgan fingerprint density at radius 2 is 1.73 bits per heavy atom. The van der Waals surface area contributed by atoms with Gasteiger partial charge in [0.1, 0.15) is 5.75 Å². The fourth-order valence-electron chi connectivity index (χ4n) is 3.70. The molecule has 26 heavy (non-hydrogen) atoms. The lowest BCUT2D eigenvalue weighted by molar-refractivity contribution is -0.132. The number of carbonyl (C=O) groups is 1. The third-order valence-electron chi connectivity index (χ3n) is 5.12. The van der Waals surface area contributed by atoms with Gasteiger partial charge in [-0.3, -0.25) is 4.79 Å². The van der Waals surface area contributed by atoms with Gasteiger partial charge in [-0.1, -0.05) is 30.3 Å². The minimum atomic E-state index is -0.649. The number of rotatable bonds is 4. The highest BCUT2D eigenvalue weighted by molar-refractivity contribution is 6.09. The Bertz CT molecular complexity index is 913. The maximum Gasteiger partial charge on any atom is 0.240 e. The lowest BCUT2D eigenvalue weighted by Crippen LogP contribution is -2.65. The van der Waals surface area contributed by atoms with Crippen LogP contribution in [-0.2, 0) is 10.2 Å². The Morgan fingerprint density at radius 3 is 2.35 bits per heavy atom. The van der Waals surface area contributed by atoms with Gasteiger partial charge in [-0.15, -0.1) is 0 Å². The smallest absolute Gasteiger partial charge is 0.240 e. The van der Waals surface area contributed by atoms with Crippen LogP contribution in [0.15, 0.2) is 73.1 Å². The molecule has 1 aromatic heterocycles. The van der Waals surface area contributed by atoms with Crippen molar-refractivity contribution in [2.24, 2.45) is 0 Å². The normalized spacial score (nSPS) is 22.0. The predicted molar refractivity (Wildman–Crippen MR) is 99.0 cm³/mol. The Labute approximate surface area is 152 Å². The number of amides is 1. The van der Waals surface area contributed by atoms with Gasteiger partial charge in [-0.2, -0.15) is 10.2 Å². The van der Waals surface area contributed by atoms with Gasteiger partial charge < -0.3 is 9.64 Å². The first-order chi connectivity index (χ1) is 12.7. The molecule has 1 aliphatic rings. The van der Waals surface area contributed by atoms with E-state index in [-0.39, 0.29) is 11.9 Å². The van der Waals surface area contributed by atoms with Gasteiger partial charge in [-0.05, 0) is 48.4 Å². The van der Waals surface area contributed by atoms with Crippen molar-refractivity contribution in [3.63, 3.8) is 0 Å². The highest BCUT2D eigenvalue weighted by Gasteiger charge is 2.59. The summed E-state index contributed by atoms with van der Waals surface area (Å²) in [5.41, 5.74) is 2.15. The first-order valence-corrected chi connectivity index (χ1v) is 8.46. The van der Waals surface area contributed by atoms with E-state index in [1.807, 2.05) is 72.5 Å². The topological polar surface area (TPSA) is 55.3 Å². The minimum absolute atomic E-state index is 0.0654. The molecule has 2 atom stereocenters. The maximum atomic E-state index is 13.3. The standard InChI is InChI=1S/C21H19N3O2/c1-21(16-6-4-3-5-7-16)19(15-12-13-22-23-14-15)24(20(21)25)17-8-10-18(26-2)11-9-17/h3-14,19H,1-2H3/t19-,21-/m1/s1. The summed E-state index contributed by atoms with van der Waals surface area (Å²) in [6, 6.07) is 19.2. The van der Waals surface area contributed by atoms with Gasteiger partial charge in [-0.25, -0.2) is 0 Å². The van der Waals surface area contributed by atoms with Crippen LogP contribution in [0.4, 0.5) is 5.69 Å². The molecule has 2 heterocycles. The molecule has 1 fully saturated rings. The third kappa shape index (κ3) is 2.36. The van der Waals surface area contributed by atoms with Crippen LogP contribution in [0.25, 0.3) is 0 Å². The summed E-state index contributed by atoms with van der Waals surface area (Å²) in [5.74, 6) is 0.824. The molecule has 0 bridgehead atoms. The molecule has 3 aromatic rings. The van der Waals surface area contributed by atoms with Crippen LogP contribution < -0.4 is 9.64 Å². The Hall–Kier alpha value is -3.21. The SMILES string of the molecule is COc1ccc(N2C(=O)[C@](C)(c3ccccc3)[C@H]2c2ccnnc2)cc1. The van der Waals surface area contributed by atoms with Gasteiger partial charge in [0.15, 0.2) is 0 Å². The summed E-state index contributed by atoms with van der Waals surface area (Å²) in [4.78, 5) is 15.1. The van der Waals surface area contributed by atoms with Crippen molar-refractivity contribution in [2.75, 3.05) is 12.0 Å². The summed E-state index contributed by atoms with van der Waals surface area (Å²) in [6.45, 7) is 2.00. The Morgan fingerprint density at radius 1 is 1.00 bits per heavy atom. The zero-order valence-electron chi connectivity index (χ0n) is 14.7.